The number of nitrogens with one attached hydrogen (secondary N) is 1. The molecule has 1 N–H and O–H groups in total. The third-order valence-electron chi connectivity index (χ3n) is 3.46. The highest BCUT2D eigenvalue weighted by Gasteiger charge is 2.13. The first-order chi connectivity index (χ1) is 11.1. The van der Waals surface area contributed by atoms with Gasteiger partial charge in [0.05, 0.1) is 0 Å². The zero-order valence-electron chi connectivity index (χ0n) is 13.5. The third-order valence-corrected chi connectivity index (χ3v) is 3.46. The minimum absolute atomic E-state index is 0.0514. The monoisotopic (exact) mass is 314 g/mol. The number of hydrogen-bond donors (Lipinski definition) is 1. The summed E-state index contributed by atoms with van der Waals surface area (Å²) in [5.74, 6) is -0.272. The van der Waals surface area contributed by atoms with Gasteiger partial charge in [0.15, 0.2) is 0 Å². The molecule has 0 saturated carbocycles. The van der Waals surface area contributed by atoms with E-state index in [1.807, 2.05) is 26.0 Å². The first-order valence-electron chi connectivity index (χ1n) is 7.88. The van der Waals surface area contributed by atoms with Gasteiger partial charge in [-0.15, -0.1) is 0 Å². The minimum atomic E-state index is -0.272. The van der Waals surface area contributed by atoms with E-state index >= 15 is 0 Å². The average Bonchev–Trinajstić information content (AvgIpc) is 2.54. The van der Waals surface area contributed by atoms with E-state index in [-0.39, 0.29) is 23.2 Å². The quantitative estimate of drug-likeness (QED) is 0.845. The van der Waals surface area contributed by atoms with Gasteiger partial charge in [0, 0.05) is 31.0 Å². The van der Waals surface area contributed by atoms with Crippen LogP contribution in [0.2, 0.25) is 0 Å². The number of hydrogen-bond acceptors (Lipinski definition) is 4. The summed E-state index contributed by atoms with van der Waals surface area (Å²) in [5, 5.41) is 7.05. The summed E-state index contributed by atoms with van der Waals surface area (Å²) in [6, 6.07) is 6.65. The van der Waals surface area contributed by atoms with E-state index in [0.29, 0.717) is 13.0 Å². The van der Waals surface area contributed by atoms with Crippen molar-refractivity contribution in [1.29, 1.82) is 0 Å². The molecule has 1 atom stereocenters. The molecule has 122 valence electrons. The number of carbonyl (C=O) groups excluding carboxylic acids is 1. The highest BCUT2D eigenvalue weighted by atomic mass is 16.2. The molecule has 0 aromatic carbocycles. The lowest BCUT2D eigenvalue weighted by Crippen LogP contribution is -2.36. The summed E-state index contributed by atoms with van der Waals surface area (Å²) >= 11 is 0. The maximum absolute atomic E-state index is 12.3. The fraction of sp³-hybridized carbons (Fsp3) is 0.412. The van der Waals surface area contributed by atoms with Crippen LogP contribution in [0.4, 0.5) is 0 Å². The summed E-state index contributed by atoms with van der Waals surface area (Å²) in [6.07, 6.45) is 6.01. The number of aryl methyl sites for hydroxylation is 1. The zero-order valence-corrected chi connectivity index (χ0v) is 13.5. The Balaban J connectivity index is 2.01. The molecule has 2 aromatic heterocycles. The molecule has 2 rings (SSSR count). The van der Waals surface area contributed by atoms with Gasteiger partial charge in [0.25, 0.3) is 11.5 Å². The van der Waals surface area contributed by atoms with Crippen LogP contribution in [0.3, 0.4) is 0 Å². The largest absolute Gasteiger partial charge is 0.348 e. The Morgan fingerprint density at radius 3 is 2.87 bits per heavy atom. The predicted octanol–water partition coefficient (Wildman–Crippen LogP) is 1.80. The van der Waals surface area contributed by atoms with Gasteiger partial charge in [-0.05, 0) is 37.5 Å². The van der Waals surface area contributed by atoms with Gasteiger partial charge in [-0.25, -0.2) is 4.68 Å². The van der Waals surface area contributed by atoms with Crippen LogP contribution in [0, 0.1) is 0 Å². The van der Waals surface area contributed by atoms with Gasteiger partial charge in [-0.2, -0.15) is 5.10 Å². The Kier molecular flexibility index (Phi) is 6.02. The summed E-state index contributed by atoms with van der Waals surface area (Å²) in [7, 11) is 0. The van der Waals surface area contributed by atoms with Gasteiger partial charge in [-0.3, -0.25) is 14.6 Å². The number of pyridine rings is 1. The molecular formula is C17H22N4O2. The van der Waals surface area contributed by atoms with Crippen molar-refractivity contribution in [1.82, 2.24) is 20.1 Å². The van der Waals surface area contributed by atoms with Crippen molar-refractivity contribution in [3.05, 3.63) is 58.3 Å². The molecule has 1 amide bonds. The molecule has 1 unspecified atom stereocenters. The molecule has 0 aliphatic carbocycles. The van der Waals surface area contributed by atoms with Crippen LogP contribution in [-0.2, 0) is 13.0 Å². The first kappa shape index (κ1) is 16.9. The summed E-state index contributed by atoms with van der Waals surface area (Å²) < 4.78 is 1.35. The Hall–Kier alpha value is -2.50. The van der Waals surface area contributed by atoms with Crippen molar-refractivity contribution in [3.8, 4) is 0 Å². The molecule has 2 aromatic rings. The van der Waals surface area contributed by atoms with Crippen LogP contribution >= 0.6 is 0 Å². The molecule has 0 aliphatic rings. The van der Waals surface area contributed by atoms with Gasteiger partial charge in [-0.1, -0.05) is 19.4 Å². The Labute approximate surface area is 135 Å². The Morgan fingerprint density at radius 1 is 1.35 bits per heavy atom. The van der Waals surface area contributed by atoms with E-state index in [1.165, 1.54) is 16.8 Å². The smallest absolute Gasteiger partial charge is 0.271 e. The van der Waals surface area contributed by atoms with E-state index in [1.54, 1.807) is 12.4 Å². The van der Waals surface area contributed by atoms with Crippen molar-refractivity contribution >= 4 is 5.91 Å². The number of rotatable bonds is 7. The van der Waals surface area contributed by atoms with Crippen molar-refractivity contribution < 1.29 is 4.79 Å². The number of nitrogens with zero attached hydrogens (tertiary/aromatic N) is 3. The fourth-order valence-corrected chi connectivity index (χ4v) is 2.26. The van der Waals surface area contributed by atoms with Crippen molar-refractivity contribution in [3.63, 3.8) is 0 Å². The van der Waals surface area contributed by atoms with E-state index in [9.17, 15) is 9.59 Å². The lowest BCUT2D eigenvalue weighted by molar-refractivity contribution is 0.0932. The molecule has 2 heterocycles. The second-order valence-corrected chi connectivity index (χ2v) is 5.57. The van der Waals surface area contributed by atoms with E-state index in [0.717, 1.165) is 18.4 Å². The zero-order chi connectivity index (χ0) is 16.7. The number of amides is 1. The Morgan fingerprint density at radius 2 is 2.17 bits per heavy atom. The van der Waals surface area contributed by atoms with Crippen LogP contribution < -0.4 is 10.9 Å². The second-order valence-electron chi connectivity index (χ2n) is 5.57. The number of unbranched alkanes of at least 4 members (excludes halogenated alkanes) is 1. The lowest BCUT2D eigenvalue weighted by atomic mass is 10.1. The van der Waals surface area contributed by atoms with Gasteiger partial charge >= 0.3 is 0 Å². The maximum Gasteiger partial charge on any atom is 0.271 e. The first-order valence-corrected chi connectivity index (χ1v) is 7.88. The molecule has 0 bridgehead atoms. The molecule has 0 radical (unpaired) electrons. The van der Waals surface area contributed by atoms with E-state index < -0.39 is 0 Å². The van der Waals surface area contributed by atoms with Gasteiger partial charge in [0.1, 0.15) is 5.69 Å². The molecule has 6 nitrogen and oxygen atoms in total. The molecule has 23 heavy (non-hydrogen) atoms. The lowest BCUT2D eigenvalue weighted by Gasteiger charge is -2.14. The summed E-state index contributed by atoms with van der Waals surface area (Å²) in [5.41, 5.74) is 1.14. The molecule has 0 spiro atoms. The van der Waals surface area contributed by atoms with Gasteiger partial charge in [0.2, 0.25) is 0 Å². The number of carbonyl (C=O) groups is 1. The maximum atomic E-state index is 12.3. The SMILES string of the molecule is CCCCn1nc(C(=O)NC(C)Cc2cccnc2)ccc1=O. The van der Waals surface area contributed by atoms with Crippen molar-refractivity contribution in [2.24, 2.45) is 0 Å². The summed E-state index contributed by atoms with van der Waals surface area (Å²) in [4.78, 5) is 28.1. The van der Waals surface area contributed by atoms with Crippen molar-refractivity contribution in [2.75, 3.05) is 0 Å². The van der Waals surface area contributed by atoms with Crippen LogP contribution in [0.25, 0.3) is 0 Å². The van der Waals surface area contributed by atoms with Crippen LogP contribution in [0.1, 0.15) is 42.7 Å². The second kappa shape index (κ2) is 8.22. The highest BCUT2D eigenvalue weighted by molar-refractivity contribution is 5.92. The van der Waals surface area contributed by atoms with E-state index in [2.05, 4.69) is 15.4 Å². The fourth-order valence-electron chi connectivity index (χ4n) is 2.26. The minimum Gasteiger partial charge on any atom is -0.348 e. The predicted molar refractivity (Wildman–Crippen MR) is 88.3 cm³/mol. The standard InChI is InChI=1S/C17H22N4O2/c1-3-4-10-21-16(22)8-7-15(20-21)17(23)19-13(2)11-14-6-5-9-18-12-14/h5-9,12-13H,3-4,10-11H2,1-2H3,(H,19,23). The topological polar surface area (TPSA) is 76.9 Å². The van der Waals surface area contributed by atoms with Crippen LogP contribution in [-0.4, -0.2) is 26.7 Å². The van der Waals surface area contributed by atoms with Gasteiger partial charge < -0.3 is 5.32 Å². The van der Waals surface area contributed by atoms with Crippen molar-refractivity contribution in [2.45, 2.75) is 45.7 Å². The molecule has 0 aliphatic heterocycles. The molecular weight excluding hydrogens is 292 g/mol. The third kappa shape index (κ3) is 5.02. The van der Waals surface area contributed by atoms with Crippen LogP contribution in [0.15, 0.2) is 41.5 Å². The summed E-state index contributed by atoms with van der Waals surface area (Å²) in [6.45, 7) is 4.50. The molecule has 0 fully saturated rings. The highest BCUT2D eigenvalue weighted by Crippen LogP contribution is 2.02. The molecule has 6 heteroatoms. The Bertz CT molecular complexity index is 697. The number of aromatic nitrogens is 3. The normalized spacial score (nSPS) is 11.9. The molecule has 0 saturated heterocycles. The average molecular weight is 314 g/mol. The van der Waals surface area contributed by atoms with Crippen LogP contribution in [0.5, 0.6) is 0 Å². The van der Waals surface area contributed by atoms with E-state index in [4.69, 9.17) is 0 Å².